The fourth-order valence-corrected chi connectivity index (χ4v) is 2.57. The Balaban J connectivity index is 2.52. The minimum atomic E-state index is -1.01. The lowest BCUT2D eigenvalue weighted by Gasteiger charge is -2.16. The van der Waals surface area contributed by atoms with Crippen molar-refractivity contribution >= 4 is 11.9 Å². The van der Waals surface area contributed by atoms with Crippen molar-refractivity contribution in [2.75, 3.05) is 0 Å². The molecule has 5 nitrogen and oxygen atoms in total. The van der Waals surface area contributed by atoms with Gasteiger partial charge in [-0.25, -0.2) is 9.59 Å². The van der Waals surface area contributed by atoms with E-state index in [-0.39, 0.29) is 11.1 Å². The second kappa shape index (κ2) is 6.96. The van der Waals surface area contributed by atoms with E-state index in [1.807, 2.05) is 13.8 Å². The van der Waals surface area contributed by atoms with Crippen molar-refractivity contribution in [3.05, 3.63) is 58.7 Å². The van der Waals surface area contributed by atoms with Gasteiger partial charge in [0.2, 0.25) is 0 Å². The van der Waals surface area contributed by atoms with Crippen molar-refractivity contribution in [2.24, 2.45) is 0 Å². The molecule has 2 aromatic carbocycles. The monoisotopic (exact) mass is 314 g/mol. The molecule has 0 amide bonds. The number of aromatic carboxylic acids is 2. The summed E-state index contributed by atoms with van der Waals surface area (Å²) in [5.74, 6) is -1.15. The van der Waals surface area contributed by atoms with Crippen LogP contribution >= 0.6 is 0 Å². The minimum Gasteiger partial charge on any atom is -0.478 e. The normalized spacial score (nSPS) is 10.3. The van der Waals surface area contributed by atoms with Gasteiger partial charge in [-0.3, -0.25) is 0 Å². The van der Waals surface area contributed by atoms with Gasteiger partial charge in [0.15, 0.2) is 0 Å². The van der Waals surface area contributed by atoms with E-state index in [1.165, 1.54) is 12.1 Å². The number of ether oxygens (including phenoxy) is 1. The summed E-state index contributed by atoms with van der Waals surface area (Å²) in [5, 5.41) is 18.5. The lowest BCUT2D eigenvalue weighted by Crippen LogP contribution is -2.06. The lowest BCUT2D eigenvalue weighted by atomic mass is 10.0. The fraction of sp³-hybridized carbons (Fsp3) is 0.222. The van der Waals surface area contributed by atoms with Gasteiger partial charge in [-0.15, -0.1) is 0 Å². The average molecular weight is 314 g/mol. The Morgan fingerprint density at radius 1 is 0.826 bits per heavy atom. The largest absolute Gasteiger partial charge is 0.478 e. The average Bonchev–Trinajstić information content (AvgIpc) is 2.54. The van der Waals surface area contributed by atoms with Crippen LogP contribution in [0.2, 0.25) is 0 Å². The quantitative estimate of drug-likeness (QED) is 0.842. The molecule has 0 heterocycles. The van der Waals surface area contributed by atoms with Crippen LogP contribution in [0.1, 0.15) is 45.7 Å². The van der Waals surface area contributed by atoms with Crippen molar-refractivity contribution < 1.29 is 24.5 Å². The van der Waals surface area contributed by atoms with Crippen molar-refractivity contribution in [3.8, 4) is 11.5 Å². The van der Waals surface area contributed by atoms with Crippen LogP contribution in [0.3, 0.4) is 0 Å². The molecule has 2 rings (SSSR count). The molecule has 5 heteroatoms. The summed E-state index contributed by atoms with van der Waals surface area (Å²) in [6, 6.07) is 9.68. The number of hydrogen-bond donors (Lipinski definition) is 2. The first kappa shape index (κ1) is 16.5. The third-order valence-electron chi connectivity index (χ3n) is 3.65. The second-order valence-electron chi connectivity index (χ2n) is 4.98. The van der Waals surface area contributed by atoms with Crippen LogP contribution in [0, 0.1) is 0 Å². The Kier molecular flexibility index (Phi) is 5.01. The molecule has 23 heavy (non-hydrogen) atoms. The highest BCUT2D eigenvalue weighted by Gasteiger charge is 2.17. The Morgan fingerprint density at radius 3 is 1.52 bits per heavy atom. The van der Waals surface area contributed by atoms with E-state index in [9.17, 15) is 19.8 Å². The van der Waals surface area contributed by atoms with E-state index in [0.717, 1.165) is 0 Å². The van der Waals surface area contributed by atoms with Gasteiger partial charge < -0.3 is 14.9 Å². The zero-order chi connectivity index (χ0) is 17.0. The number of carboxylic acid groups (broad SMARTS) is 2. The van der Waals surface area contributed by atoms with Crippen molar-refractivity contribution in [2.45, 2.75) is 26.7 Å². The van der Waals surface area contributed by atoms with Crippen molar-refractivity contribution in [1.29, 1.82) is 0 Å². The highest BCUT2D eigenvalue weighted by atomic mass is 16.5. The summed E-state index contributed by atoms with van der Waals surface area (Å²) in [6.07, 6.45) is 0.996. The Hall–Kier alpha value is -2.82. The van der Waals surface area contributed by atoms with Gasteiger partial charge in [-0.2, -0.15) is 0 Å². The number of hydrogen-bond acceptors (Lipinski definition) is 3. The summed E-state index contributed by atoms with van der Waals surface area (Å²) in [4.78, 5) is 22.6. The predicted octanol–water partition coefficient (Wildman–Crippen LogP) is 4.00. The van der Waals surface area contributed by atoms with E-state index in [4.69, 9.17) is 4.74 Å². The molecule has 0 saturated heterocycles. The molecular formula is C18H18O5. The smallest absolute Gasteiger partial charge is 0.336 e. The molecule has 120 valence electrons. The maximum absolute atomic E-state index is 11.3. The maximum Gasteiger partial charge on any atom is 0.336 e. The molecule has 0 spiro atoms. The van der Waals surface area contributed by atoms with Gasteiger partial charge in [-0.1, -0.05) is 26.0 Å². The molecule has 0 fully saturated rings. The first-order valence-corrected chi connectivity index (χ1v) is 7.37. The van der Waals surface area contributed by atoms with Gasteiger partial charge in [0.05, 0.1) is 11.1 Å². The van der Waals surface area contributed by atoms with Crippen LogP contribution in [0.5, 0.6) is 11.5 Å². The standard InChI is InChI=1S/C18H18O5/c1-3-11-13(17(19)20)7-5-9-15(11)23-16-10-6-8-14(18(21)22)12(16)4-2/h5-10H,3-4H2,1-2H3,(H,19,20)(H,21,22). The molecular weight excluding hydrogens is 296 g/mol. The summed E-state index contributed by atoms with van der Waals surface area (Å²) in [5.41, 5.74) is 1.56. The molecule has 0 bridgehead atoms. The zero-order valence-corrected chi connectivity index (χ0v) is 13.0. The maximum atomic E-state index is 11.3. The number of rotatable bonds is 6. The highest BCUT2D eigenvalue weighted by Crippen LogP contribution is 2.32. The molecule has 0 saturated carbocycles. The van der Waals surface area contributed by atoms with Crippen LogP contribution in [-0.2, 0) is 12.8 Å². The first-order chi connectivity index (χ1) is 11.0. The first-order valence-electron chi connectivity index (χ1n) is 7.37. The van der Waals surface area contributed by atoms with E-state index < -0.39 is 11.9 Å². The molecule has 2 aromatic rings. The fourth-order valence-electron chi connectivity index (χ4n) is 2.57. The molecule has 0 aromatic heterocycles. The van der Waals surface area contributed by atoms with Gasteiger partial charge in [-0.05, 0) is 37.1 Å². The molecule has 0 atom stereocenters. The van der Waals surface area contributed by atoms with Gasteiger partial charge in [0, 0.05) is 11.1 Å². The van der Waals surface area contributed by atoms with Gasteiger partial charge in [0.1, 0.15) is 11.5 Å². The summed E-state index contributed by atoms with van der Waals surface area (Å²) < 4.78 is 5.88. The molecule has 0 aliphatic rings. The van der Waals surface area contributed by atoms with Crippen LogP contribution in [0.15, 0.2) is 36.4 Å². The Bertz CT molecular complexity index is 686. The Morgan fingerprint density at radius 2 is 1.22 bits per heavy atom. The van der Waals surface area contributed by atoms with E-state index in [0.29, 0.717) is 35.5 Å². The highest BCUT2D eigenvalue weighted by molar-refractivity contribution is 5.91. The van der Waals surface area contributed by atoms with Gasteiger partial charge in [0.25, 0.3) is 0 Å². The molecule has 0 radical (unpaired) electrons. The summed E-state index contributed by atoms with van der Waals surface area (Å²) in [7, 11) is 0. The molecule has 0 aliphatic heterocycles. The van der Waals surface area contributed by atoms with E-state index >= 15 is 0 Å². The third kappa shape index (κ3) is 3.34. The van der Waals surface area contributed by atoms with E-state index in [1.54, 1.807) is 24.3 Å². The third-order valence-corrected chi connectivity index (χ3v) is 3.65. The van der Waals surface area contributed by atoms with Crippen LogP contribution in [-0.4, -0.2) is 22.2 Å². The van der Waals surface area contributed by atoms with Crippen molar-refractivity contribution in [1.82, 2.24) is 0 Å². The minimum absolute atomic E-state index is 0.192. The van der Waals surface area contributed by atoms with Crippen LogP contribution in [0.4, 0.5) is 0 Å². The van der Waals surface area contributed by atoms with Crippen molar-refractivity contribution in [3.63, 3.8) is 0 Å². The van der Waals surface area contributed by atoms with Gasteiger partial charge >= 0.3 is 11.9 Å². The molecule has 0 aliphatic carbocycles. The summed E-state index contributed by atoms with van der Waals surface area (Å²) >= 11 is 0. The predicted molar refractivity (Wildman–Crippen MR) is 85.6 cm³/mol. The van der Waals surface area contributed by atoms with Crippen LogP contribution < -0.4 is 4.74 Å². The number of carboxylic acids is 2. The van der Waals surface area contributed by atoms with Crippen LogP contribution in [0.25, 0.3) is 0 Å². The van der Waals surface area contributed by atoms with E-state index in [2.05, 4.69) is 0 Å². The Labute approximate surface area is 134 Å². The zero-order valence-electron chi connectivity index (χ0n) is 13.0. The molecule has 0 unspecified atom stereocenters. The second-order valence-corrected chi connectivity index (χ2v) is 4.98. The molecule has 2 N–H and O–H groups in total. The lowest BCUT2D eigenvalue weighted by molar-refractivity contribution is 0.0685. The SMILES string of the molecule is CCc1c(Oc2cccc(C(=O)O)c2CC)cccc1C(=O)O. The number of carbonyl (C=O) groups is 2. The topological polar surface area (TPSA) is 83.8 Å². The summed E-state index contributed by atoms with van der Waals surface area (Å²) in [6.45, 7) is 3.70. The number of benzene rings is 2.